The highest BCUT2D eigenvalue weighted by Gasteiger charge is 2.13. The Kier molecular flexibility index (Phi) is 6.25. The number of amides is 3. The van der Waals surface area contributed by atoms with Crippen LogP contribution in [0.5, 0.6) is 0 Å². The summed E-state index contributed by atoms with van der Waals surface area (Å²) in [6, 6.07) is 2.21. The van der Waals surface area contributed by atoms with Crippen LogP contribution >= 0.6 is 39.1 Å². The summed E-state index contributed by atoms with van der Waals surface area (Å²) in [6.45, 7) is 0. The van der Waals surface area contributed by atoms with Gasteiger partial charge in [-0.3, -0.25) is 14.9 Å². The summed E-state index contributed by atoms with van der Waals surface area (Å²) < 4.78 is 0.635. The van der Waals surface area contributed by atoms with E-state index in [1.807, 2.05) is 5.32 Å². The molecule has 6 nitrogen and oxygen atoms in total. The molecule has 108 valence electrons. The van der Waals surface area contributed by atoms with Crippen LogP contribution in [0.15, 0.2) is 16.6 Å². The molecule has 0 spiro atoms. The van der Waals surface area contributed by atoms with Gasteiger partial charge in [0.1, 0.15) is 0 Å². The van der Waals surface area contributed by atoms with Crippen LogP contribution < -0.4 is 10.6 Å². The molecular weight excluding hydrogens is 375 g/mol. The van der Waals surface area contributed by atoms with Crippen LogP contribution in [0.2, 0.25) is 10.0 Å². The molecule has 0 atom stereocenters. The lowest BCUT2D eigenvalue weighted by molar-refractivity contribution is -0.138. The molecule has 1 aromatic carbocycles. The summed E-state index contributed by atoms with van der Waals surface area (Å²) in [5.41, 5.74) is 0.153. The molecule has 3 N–H and O–H groups in total. The van der Waals surface area contributed by atoms with Gasteiger partial charge in [0.15, 0.2) is 0 Å². The first-order chi connectivity index (χ1) is 9.29. The number of benzene rings is 1. The number of halogens is 3. The van der Waals surface area contributed by atoms with Crippen LogP contribution in [-0.4, -0.2) is 23.0 Å². The molecule has 1 aromatic rings. The van der Waals surface area contributed by atoms with E-state index in [9.17, 15) is 14.4 Å². The van der Waals surface area contributed by atoms with Gasteiger partial charge >= 0.3 is 12.0 Å². The summed E-state index contributed by atoms with van der Waals surface area (Å²) >= 11 is 15.0. The van der Waals surface area contributed by atoms with Crippen molar-refractivity contribution in [2.75, 3.05) is 5.32 Å². The highest BCUT2D eigenvalue weighted by atomic mass is 79.9. The summed E-state index contributed by atoms with van der Waals surface area (Å²) in [7, 11) is 0. The third-order valence-corrected chi connectivity index (χ3v) is 3.12. The van der Waals surface area contributed by atoms with E-state index < -0.39 is 17.9 Å². The van der Waals surface area contributed by atoms with Gasteiger partial charge in [-0.1, -0.05) is 39.1 Å². The molecule has 0 aliphatic heterocycles. The predicted octanol–water partition coefficient (Wildman–Crippen LogP) is 3.27. The van der Waals surface area contributed by atoms with Gasteiger partial charge in [0.2, 0.25) is 5.91 Å². The molecule has 0 fully saturated rings. The Bertz CT molecular complexity index is 542. The van der Waals surface area contributed by atoms with Crippen molar-refractivity contribution in [2.24, 2.45) is 0 Å². The first-order valence-electron chi connectivity index (χ1n) is 5.26. The molecule has 0 aliphatic rings. The van der Waals surface area contributed by atoms with Crippen molar-refractivity contribution in [3.05, 3.63) is 26.7 Å². The zero-order valence-electron chi connectivity index (χ0n) is 9.87. The third-order valence-electron chi connectivity index (χ3n) is 2.06. The van der Waals surface area contributed by atoms with Gasteiger partial charge in [0, 0.05) is 10.9 Å². The highest BCUT2D eigenvalue weighted by Crippen LogP contribution is 2.33. The Labute approximate surface area is 132 Å². The van der Waals surface area contributed by atoms with Crippen LogP contribution in [0.3, 0.4) is 0 Å². The number of nitrogens with one attached hydrogen (secondary N) is 2. The first kappa shape index (κ1) is 16.7. The number of urea groups is 1. The van der Waals surface area contributed by atoms with Gasteiger partial charge in [-0.2, -0.15) is 0 Å². The number of carboxylic acids is 1. The minimum atomic E-state index is -1.13. The molecule has 9 heteroatoms. The van der Waals surface area contributed by atoms with Crippen LogP contribution in [-0.2, 0) is 9.59 Å². The van der Waals surface area contributed by atoms with Gasteiger partial charge in [-0.05, 0) is 12.1 Å². The van der Waals surface area contributed by atoms with E-state index in [0.717, 1.165) is 0 Å². The smallest absolute Gasteiger partial charge is 0.325 e. The molecule has 0 aromatic heterocycles. The SMILES string of the molecule is O=C(O)CCC(=O)NC(=O)Nc1c(Cl)cc(Br)cc1Cl. The number of carbonyl (C=O) groups is 3. The minimum Gasteiger partial charge on any atom is -0.481 e. The van der Waals surface area contributed by atoms with Crippen molar-refractivity contribution in [2.45, 2.75) is 12.8 Å². The second kappa shape index (κ2) is 7.47. The molecular formula is C11H9BrCl2N2O4. The summed E-state index contributed by atoms with van der Waals surface area (Å²) in [5.74, 6) is -1.84. The number of rotatable bonds is 4. The topological polar surface area (TPSA) is 95.5 Å². The largest absolute Gasteiger partial charge is 0.481 e. The number of hydrogen-bond donors (Lipinski definition) is 3. The average molecular weight is 384 g/mol. The van der Waals surface area contributed by atoms with Crippen LogP contribution in [0.25, 0.3) is 0 Å². The fourth-order valence-corrected chi connectivity index (χ4v) is 2.52. The molecule has 0 radical (unpaired) electrons. The zero-order chi connectivity index (χ0) is 15.3. The fraction of sp³-hybridized carbons (Fsp3) is 0.182. The van der Waals surface area contributed by atoms with E-state index in [1.165, 1.54) is 12.1 Å². The second-order valence-electron chi connectivity index (χ2n) is 3.64. The first-order valence-corrected chi connectivity index (χ1v) is 6.81. The van der Waals surface area contributed by atoms with Gasteiger partial charge in [-0.25, -0.2) is 4.79 Å². The number of hydrogen-bond acceptors (Lipinski definition) is 3. The lowest BCUT2D eigenvalue weighted by Gasteiger charge is -2.10. The lowest BCUT2D eigenvalue weighted by Crippen LogP contribution is -2.34. The monoisotopic (exact) mass is 382 g/mol. The predicted molar refractivity (Wildman–Crippen MR) is 78.2 cm³/mol. The number of aliphatic carboxylic acids is 1. The standard InChI is InChI=1S/C11H9BrCl2N2O4/c12-5-3-6(13)10(7(14)4-5)16-11(20)15-8(17)1-2-9(18)19/h3-4H,1-2H2,(H,18,19)(H2,15,16,17,20). The van der Waals surface area contributed by atoms with Crippen LogP contribution in [0.1, 0.15) is 12.8 Å². The van der Waals surface area contributed by atoms with E-state index in [2.05, 4.69) is 21.2 Å². The number of anilines is 1. The number of imide groups is 1. The Morgan fingerprint density at radius 1 is 1.15 bits per heavy atom. The van der Waals surface area contributed by atoms with Gasteiger partial charge in [-0.15, -0.1) is 0 Å². The minimum absolute atomic E-state index is 0.153. The van der Waals surface area contributed by atoms with Crippen molar-refractivity contribution in [3.8, 4) is 0 Å². The van der Waals surface area contributed by atoms with E-state index in [0.29, 0.717) is 4.47 Å². The van der Waals surface area contributed by atoms with E-state index in [-0.39, 0.29) is 28.6 Å². The summed E-state index contributed by atoms with van der Waals surface area (Å²) in [4.78, 5) is 33.1. The van der Waals surface area contributed by atoms with Crippen LogP contribution in [0.4, 0.5) is 10.5 Å². The molecule has 0 aliphatic carbocycles. The molecule has 3 amide bonds. The molecule has 0 saturated carbocycles. The summed E-state index contributed by atoms with van der Waals surface area (Å²) in [6.07, 6.45) is -0.663. The van der Waals surface area contributed by atoms with Crippen molar-refractivity contribution in [1.82, 2.24) is 5.32 Å². The molecule has 1 rings (SSSR count). The maximum Gasteiger partial charge on any atom is 0.325 e. The van der Waals surface area contributed by atoms with Gasteiger partial charge < -0.3 is 10.4 Å². The highest BCUT2D eigenvalue weighted by molar-refractivity contribution is 9.10. The molecule has 0 unspecified atom stereocenters. The van der Waals surface area contributed by atoms with Crippen molar-refractivity contribution < 1.29 is 19.5 Å². The molecule has 0 bridgehead atoms. The van der Waals surface area contributed by atoms with Crippen molar-refractivity contribution >= 4 is 62.7 Å². The summed E-state index contributed by atoms with van der Waals surface area (Å²) in [5, 5.41) is 13.1. The zero-order valence-corrected chi connectivity index (χ0v) is 13.0. The van der Waals surface area contributed by atoms with Crippen molar-refractivity contribution in [3.63, 3.8) is 0 Å². The maximum atomic E-state index is 11.5. The van der Waals surface area contributed by atoms with E-state index >= 15 is 0 Å². The molecule has 0 saturated heterocycles. The Morgan fingerprint density at radius 3 is 2.20 bits per heavy atom. The normalized spacial score (nSPS) is 9.95. The quantitative estimate of drug-likeness (QED) is 0.743. The fourth-order valence-electron chi connectivity index (χ4n) is 1.22. The Morgan fingerprint density at radius 2 is 1.70 bits per heavy atom. The molecule has 20 heavy (non-hydrogen) atoms. The molecule has 0 heterocycles. The lowest BCUT2D eigenvalue weighted by atomic mass is 10.3. The number of carbonyl (C=O) groups excluding carboxylic acids is 2. The van der Waals surface area contributed by atoms with E-state index in [1.54, 1.807) is 0 Å². The van der Waals surface area contributed by atoms with Crippen molar-refractivity contribution in [1.29, 1.82) is 0 Å². The van der Waals surface area contributed by atoms with Gasteiger partial charge in [0.05, 0.1) is 22.2 Å². The number of carboxylic acid groups (broad SMARTS) is 1. The van der Waals surface area contributed by atoms with E-state index in [4.69, 9.17) is 28.3 Å². The maximum absolute atomic E-state index is 11.5. The average Bonchev–Trinajstić information content (AvgIpc) is 2.31. The second-order valence-corrected chi connectivity index (χ2v) is 5.37. The Hall–Kier alpha value is -1.31. The Balaban J connectivity index is 2.63. The van der Waals surface area contributed by atoms with Gasteiger partial charge in [0.25, 0.3) is 0 Å². The third kappa shape index (κ3) is 5.36. The van der Waals surface area contributed by atoms with Crippen LogP contribution in [0, 0.1) is 0 Å².